The largest absolute Gasteiger partial charge is 0.355 e. The van der Waals surface area contributed by atoms with E-state index in [1.807, 2.05) is 6.20 Å². The molecule has 1 unspecified atom stereocenters. The predicted molar refractivity (Wildman–Crippen MR) is 78.4 cm³/mol. The monoisotopic (exact) mass is 260 g/mol. The molecule has 4 nitrogen and oxygen atoms in total. The minimum Gasteiger partial charge on any atom is -0.355 e. The summed E-state index contributed by atoms with van der Waals surface area (Å²) < 4.78 is 0. The number of hydrogen-bond donors (Lipinski definition) is 1. The molecular weight excluding hydrogens is 236 g/mol. The molecule has 0 radical (unpaired) electrons. The average Bonchev–Trinajstić information content (AvgIpc) is 2.77. The summed E-state index contributed by atoms with van der Waals surface area (Å²) in [5.41, 5.74) is 6.82. The van der Waals surface area contributed by atoms with Crippen LogP contribution in [0.1, 0.15) is 24.8 Å². The quantitative estimate of drug-likeness (QED) is 0.888. The van der Waals surface area contributed by atoms with Crippen LogP contribution >= 0.6 is 0 Å². The molecule has 1 aromatic heterocycles. The van der Waals surface area contributed by atoms with Gasteiger partial charge in [0.1, 0.15) is 5.82 Å². The average molecular weight is 260 g/mol. The molecule has 1 atom stereocenters. The molecule has 104 valence electrons. The van der Waals surface area contributed by atoms with Gasteiger partial charge in [0.05, 0.1) is 0 Å². The third-order valence-corrected chi connectivity index (χ3v) is 4.37. The second-order valence-electron chi connectivity index (χ2n) is 5.69. The second-order valence-corrected chi connectivity index (χ2v) is 5.69. The fraction of sp³-hybridized carbons (Fsp3) is 0.667. The highest BCUT2D eigenvalue weighted by Gasteiger charge is 2.28. The number of rotatable bonds is 3. The van der Waals surface area contributed by atoms with Gasteiger partial charge in [0.15, 0.2) is 0 Å². The zero-order valence-corrected chi connectivity index (χ0v) is 11.6. The molecule has 1 aromatic rings. The van der Waals surface area contributed by atoms with Crippen molar-refractivity contribution in [1.29, 1.82) is 0 Å². The van der Waals surface area contributed by atoms with Crippen molar-refractivity contribution < 1.29 is 0 Å². The molecule has 2 saturated heterocycles. The van der Waals surface area contributed by atoms with E-state index in [1.165, 1.54) is 37.9 Å². The Morgan fingerprint density at radius 3 is 2.89 bits per heavy atom. The second kappa shape index (κ2) is 5.88. The summed E-state index contributed by atoms with van der Waals surface area (Å²) in [6.45, 7) is 5.52. The fourth-order valence-corrected chi connectivity index (χ4v) is 3.33. The first-order valence-electron chi connectivity index (χ1n) is 7.51. The Hall–Kier alpha value is -1.13. The van der Waals surface area contributed by atoms with Crippen LogP contribution < -0.4 is 10.6 Å². The molecule has 4 heteroatoms. The maximum atomic E-state index is 5.58. The first kappa shape index (κ1) is 12.9. The van der Waals surface area contributed by atoms with Crippen molar-refractivity contribution >= 4 is 5.82 Å². The number of fused-ring (bicyclic) bond motifs is 1. The highest BCUT2D eigenvalue weighted by Crippen LogP contribution is 2.24. The maximum absolute atomic E-state index is 5.58. The van der Waals surface area contributed by atoms with Gasteiger partial charge < -0.3 is 10.6 Å². The van der Waals surface area contributed by atoms with E-state index in [9.17, 15) is 0 Å². The summed E-state index contributed by atoms with van der Waals surface area (Å²) in [4.78, 5) is 9.74. The van der Waals surface area contributed by atoms with Gasteiger partial charge in [-0.05, 0) is 50.4 Å². The molecule has 0 saturated carbocycles. The third-order valence-electron chi connectivity index (χ3n) is 4.37. The standard InChI is InChI=1S/C15H24N4/c16-7-6-13-4-5-15(17-11-13)19-10-2-9-18-8-1-3-14(18)12-19/h4-5,11,14H,1-3,6-10,12,16H2. The Morgan fingerprint density at radius 1 is 1.21 bits per heavy atom. The summed E-state index contributed by atoms with van der Waals surface area (Å²) >= 11 is 0. The van der Waals surface area contributed by atoms with Crippen LogP contribution in [-0.4, -0.2) is 48.6 Å². The Labute approximate surface area is 115 Å². The van der Waals surface area contributed by atoms with Crippen LogP contribution in [0.5, 0.6) is 0 Å². The topological polar surface area (TPSA) is 45.4 Å². The van der Waals surface area contributed by atoms with Gasteiger partial charge in [-0.3, -0.25) is 4.90 Å². The number of nitrogens with two attached hydrogens (primary N) is 1. The number of hydrogen-bond acceptors (Lipinski definition) is 4. The molecule has 3 rings (SSSR count). The summed E-state index contributed by atoms with van der Waals surface area (Å²) in [6, 6.07) is 5.08. The first-order chi connectivity index (χ1) is 9.36. The minimum atomic E-state index is 0.696. The van der Waals surface area contributed by atoms with Crippen LogP contribution in [0.15, 0.2) is 18.3 Å². The minimum absolute atomic E-state index is 0.696. The van der Waals surface area contributed by atoms with Gasteiger partial charge in [0.2, 0.25) is 0 Å². The van der Waals surface area contributed by atoms with E-state index < -0.39 is 0 Å². The van der Waals surface area contributed by atoms with E-state index >= 15 is 0 Å². The van der Waals surface area contributed by atoms with Gasteiger partial charge in [-0.15, -0.1) is 0 Å². The Bertz CT molecular complexity index is 403. The van der Waals surface area contributed by atoms with Crippen molar-refractivity contribution in [2.75, 3.05) is 37.6 Å². The molecule has 0 amide bonds. The molecule has 2 aliphatic heterocycles. The van der Waals surface area contributed by atoms with Crippen LogP contribution in [0.25, 0.3) is 0 Å². The lowest BCUT2D eigenvalue weighted by Crippen LogP contribution is -2.36. The number of anilines is 1. The van der Waals surface area contributed by atoms with E-state index in [4.69, 9.17) is 5.73 Å². The molecule has 0 aromatic carbocycles. The normalized spacial score (nSPS) is 24.3. The highest BCUT2D eigenvalue weighted by molar-refractivity contribution is 5.40. The van der Waals surface area contributed by atoms with Gasteiger partial charge in [-0.2, -0.15) is 0 Å². The Balaban J connectivity index is 1.70. The zero-order valence-electron chi connectivity index (χ0n) is 11.6. The summed E-state index contributed by atoms with van der Waals surface area (Å²) in [7, 11) is 0. The first-order valence-corrected chi connectivity index (χ1v) is 7.51. The van der Waals surface area contributed by atoms with Crippen molar-refractivity contribution in [3.05, 3.63) is 23.9 Å². The van der Waals surface area contributed by atoms with Crippen molar-refractivity contribution in [2.24, 2.45) is 5.73 Å². The van der Waals surface area contributed by atoms with Gasteiger partial charge in [-0.1, -0.05) is 6.07 Å². The van der Waals surface area contributed by atoms with E-state index in [-0.39, 0.29) is 0 Å². The van der Waals surface area contributed by atoms with Crippen LogP contribution in [0.3, 0.4) is 0 Å². The van der Waals surface area contributed by atoms with E-state index in [0.717, 1.165) is 31.4 Å². The molecule has 0 aliphatic carbocycles. The lowest BCUT2D eigenvalue weighted by atomic mass is 10.2. The molecule has 19 heavy (non-hydrogen) atoms. The smallest absolute Gasteiger partial charge is 0.128 e. The molecule has 3 heterocycles. The zero-order chi connectivity index (χ0) is 13.1. The number of nitrogens with zero attached hydrogens (tertiary/aromatic N) is 3. The van der Waals surface area contributed by atoms with Crippen LogP contribution in [0.4, 0.5) is 5.82 Å². The SMILES string of the molecule is NCCc1ccc(N2CCCN3CCCC3C2)nc1. The summed E-state index contributed by atoms with van der Waals surface area (Å²) in [6.07, 6.45) is 6.87. The third kappa shape index (κ3) is 2.90. The molecular formula is C15H24N4. The number of aromatic nitrogens is 1. The van der Waals surface area contributed by atoms with Gasteiger partial charge in [0.25, 0.3) is 0 Å². The lowest BCUT2D eigenvalue weighted by molar-refractivity contribution is 0.273. The van der Waals surface area contributed by atoms with Crippen molar-refractivity contribution in [1.82, 2.24) is 9.88 Å². The Morgan fingerprint density at radius 2 is 2.11 bits per heavy atom. The van der Waals surface area contributed by atoms with Gasteiger partial charge >= 0.3 is 0 Å². The van der Waals surface area contributed by atoms with E-state index in [1.54, 1.807) is 0 Å². The van der Waals surface area contributed by atoms with Crippen LogP contribution in [-0.2, 0) is 6.42 Å². The predicted octanol–water partition coefficient (Wildman–Crippen LogP) is 1.26. The molecule has 0 bridgehead atoms. The summed E-state index contributed by atoms with van der Waals surface area (Å²) in [5, 5.41) is 0. The summed E-state index contributed by atoms with van der Waals surface area (Å²) in [5.74, 6) is 1.13. The maximum Gasteiger partial charge on any atom is 0.128 e. The van der Waals surface area contributed by atoms with Crippen molar-refractivity contribution in [3.8, 4) is 0 Å². The van der Waals surface area contributed by atoms with Crippen molar-refractivity contribution in [2.45, 2.75) is 31.7 Å². The van der Waals surface area contributed by atoms with Crippen LogP contribution in [0.2, 0.25) is 0 Å². The molecule has 2 aliphatic rings. The van der Waals surface area contributed by atoms with Gasteiger partial charge in [-0.25, -0.2) is 4.98 Å². The fourth-order valence-electron chi connectivity index (χ4n) is 3.33. The molecule has 2 N–H and O–H groups in total. The highest BCUT2D eigenvalue weighted by atomic mass is 15.3. The van der Waals surface area contributed by atoms with Crippen molar-refractivity contribution in [3.63, 3.8) is 0 Å². The lowest BCUT2D eigenvalue weighted by Gasteiger charge is -2.26. The Kier molecular flexibility index (Phi) is 3.99. The van der Waals surface area contributed by atoms with E-state index in [2.05, 4.69) is 26.9 Å². The molecule has 2 fully saturated rings. The molecule has 0 spiro atoms. The van der Waals surface area contributed by atoms with Crippen LogP contribution in [0, 0.1) is 0 Å². The van der Waals surface area contributed by atoms with Gasteiger partial charge in [0, 0.05) is 31.9 Å². The number of pyridine rings is 1. The van der Waals surface area contributed by atoms with E-state index in [0.29, 0.717) is 6.54 Å².